The van der Waals surface area contributed by atoms with Crippen molar-refractivity contribution in [1.29, 1.82) is 0 Å². The maximum Gasteiger partial charge on any atom is 0.256 e. The minimum atomic E-state index is -0.430. The van der Waals surface area contributed by atoms with E-state index < -0.39 is 11.7 Å². The summed E-state index contributed by atoms with van der Waals surface area (Å²) in [5, 5.41) is 14.5. The summed E-state index contributed by atoms with van der Waals surface area (Å²) in [5.41, 5.74) is 2.30. The van der Waals surface area contributed by atoms with Gasteiger partial charge in [0.15, 0.2) is 5.75 Å². The first-order chi connectivity index (χ1) is 15.0. The van der Waals surface area contributed by atoms with Gasteiger partial charge in [-0.3, -0.25) is 4.79 Å². The standard InChI is InChI=1S/C25H20FIN2O2/c1-2-19(15-9-5-3-6-10-15)28-25(31)20-17-13-14-18(26)21(27)23(17)29-22(24(20)30)16-11-7-4-8-12-16/h3-14,19,30H,2H2,1H3,(H,28,31)/t19-/m0/s1. The molecule has 4 nitrogen and oxygen atoms in total. The molecule has 3 aromatic carbocycles. The van der Waals surface area contributed by atoms with Gasteiger partial charge in [0.25, 0.3) is 5.91 Å². The number of aromatic hydroxyl groups is 1. The van der Waals surface area contributed by atoms with Crippen molar-refractivity contribution in [3.05, 3.63) is 93.3 Å². The van der Waals surface area contributed by atoms with E-state index in [4.69, 9.17) is 0 Å². The van der Waals surface area contributed by atoms with E-state index in [0.717, 1.165) is 5.56 Å². The summed E-state index contributed by atoms with van der Waals surface area (Å²) < 4.78 is 14.6. The van der Waals surface area contributed by atoms with Crippen LogP contribution >= 0.6 is 22.6 Å². The molecular formula is C25H20FIN2O2. The summed E-state index contributed by atoms with van der Waals surface area (Å²) in [7, 11) is 0. The average molecular weight is 526 g/mol. The molecule has 6 heteroatoms. The Labute approximate surface area is 193 Å². The van der Waals surface area contributed by atoms with Gasteiger partial charge in [0.2, 0.25) is 0 Å². The number of amides is 1. The number of halogens is 2. The molecule has 0 fully saturated rings. The monoisotopic (exact) mass is 526 g/mol. The second-order valence-electron chi connectivity index (χ2n) is 7.15. The van der Waals surface area contributed by atoms with Crippen molar-refractivity contribution in [1.82, 2.24) is 10.3 Å². The van der Waals surface area contributed by atoms with Crippen molar-refractivity contribution in [2.24, 2.45) is 0 Å². The summed E-state index contributed by atoms with van der Waals surface area (Å²) in [6.45, 7) is 1.98. The summed E-state index contributed by atoms with van der Waals surface area (Å²) in [6, 6.07) is 21.3. The quantitative estimate of drug-likeness (QED) is 0.303. The molecule has 156 valence electrons. The largest absolute Gasteiger partial charge is 0.505 e. The number of aromatic nitrogens is 1. The number of nitrogens with one attached hydrogen (secondary N) is 1. The minimum Gasteiger partial charge on any atom is -0.505 e. The smallest absolute Gasteiger partial charge is 0.256 e. The molecule has 0 radical (unpaired) electrons. The van der Waals surface area contributed by atoms with E-state index in [-0.39, 0.29) is 23.0 Å². The lowest BCUT2D eigenvalue weighted by Gasteiger charge is -2.20. The number of rotatable bonds is 5. The van der Waals surface area contributed by atoms with Crippen molar-refractivity contribution in [2.75, 3.05) is 0 Å². The molecule has 31 heavy (non-hydrogen) atoms. The number of hydrogen-bond donors (Lipinski definition) is 2. The highest BCUT2D eigenvalue weighted by molar-refractivity contribution is 14.1. The fourth-order valence-electron chi connectivity index (χ4n) is 3.63. The van der Waals surface area contributed by atoms with Gasteiger partial charge in [-0.05, 0) is 46.7 Å². The average Bonchev–Trinajstić information content (AvgIpc) is 2.80. The molecule has 1 heterocycles. The van der Waals surface area contributed by atoms with Crippen molar-refractivity contribution in [3.63, 3.8) is 0 Å². The van der Waals surface area contributed by atoms with Crippen LogP contribution in [0, 0.1) is 9.39 Å². The fraction of sp³-hybridized carbons (Fsp3) is 0.120. The molecule has 4 aromatic rings. The lowest BCUT2D eigenvalue weighted by Crippen LogP contribution is -2.28. The van der Waals surface area contributed by atoms with Gasteiger partial charge in [-0.15, -0.1) is 0 Å². The van der Waals surface area contributed by atoms with E-state index in [1.54, 1.807) is 12.1 Å². The number of hydrogen-bond acceptors (Lipinski definition) is 3. The number of benzene rings is 3. The van der Waals surface area contributed by atoms with Crippen LogP contribution in [-0.4, -0.2) is 16.0 Å². The first kappa shape index (κ1) is 21.2. The third-order valence-electron chi connectivity index (χ3n) is 5.21. The predicted molar refractivity (Wildman–Crippen MR) is 128 cm³/mol. The van der Waals surface area contributed by atoms with E-state index in [1.165, 1.54) is 12.1 Å². The van der Waals surface area contributed by atoms with Crippen LogP contribution in [0.1, 0.15) is 35.3 Å². The Hall–Kier alpha value is -3.00. The van der Waals surface area contributed by atoms with Crippen LogP contribution in [0.4, 0.5) is 4.39 Å². The van der Waals surface area contributed by atoms with Crippen LogP contribution in [0.5, 0.6) is 5.75 Å². The molecule has 2 N–H and O–H groups in total. The van der Waals surface area contributed by atoms with Gasteiger partial charge in [0, 0.05) is 10.9 Å². The first-order valence-corrected chi connectivity index (χ1v) is 11.0. The highest BCUT2D eigenvalue weighted by atomic mass is 127. The van der Waals surface area contributed by atoms with Gasteiger partial charge in [0.1, 0.15) is 11.5 Å². The molecule has 0 aliphatic rings. The van der Waals surface area contributed by atoms with Crippen molar-refractivity contribution in [3.8, 4) is 17.0 Å². The highest BCUT2D eigenvalue weighted by Crippen LogP contribution is 2.37. The SMILES string of the molecule is CC[C@H](NC(=O)c1c(O)c(-c2ccccc2)nc2c(I)c(F)ccc12)c1ccccc1. The Bertz CT molecular complexity index is 1250. The van der Waals surface area contributed by atoms with E-state index in [0.29, 0.717) is 26.5 Å². The Morgan fingerprint density at radius 3 is 2.35 bits per heavy atom. The lowest BCUT2D eigenvalue weighted by atomic mass is 10.00. The van der Waals surface area contributed by atoms with Gasteiger partial charge < -0.3 is 10.4 Å². The van der Waals surface area contributed by atoms with Gasteiger partial charge in [-0.2, -0.15) is 0 Å². The van der Waals surface area contributed by atoms with Gasteiger partial charge in [0.05, 0.1) is 20.7 Å². The van der Waals surface area contributed by atoms with Crippen LogP contribution < -0.4 is 5.32 Å². The minimum absolute atomic E-state index is 0.0937. The molecule has 4 rings (SSSR count). The number of pyridine rings is 1. The molecular weight excluding hydrogens is 506 g/mol. The Balaban J connectivity index is 1.89. The maximum absolute atomic E-state index is 14.3. The topological polar surface area (TPSA) is 62.2 Å². The first-order valence-electron chi connectivity index (χ1n) is 9.93. The number of carbonyl (C=O) groups excluding carboxylic acids is 1. The predicted octanol–water partition coefficient (Wildman–Crippen LogP) is 6.23. The van der Waals surface area contributed by atoms with E-state index in [9.17, 15) is 14.3 Å². The second kappa shape index (κ2) is 9.01. The number of carbonyl (C=O) groups is 1. The van der Waals surface area contributed by atoms with Crippen LogP contribution in [0.25, 0.3) is 22.2 Å². The maximum atomic E-state index is 14.3. The zero-order chi connectivity index (χ0) is 22.0. The summed E-state index contributed by atoms with van der Waals surface area (Å²) in [4.78, 5) is 17.9. The molecule has 1 atom stereocenters. The molecule has 1 amide bonds. The van der Waals surface area contributed by atoms with E-state index in [1.807, 2.05) is 78.0 Å². The van der Waals surface area contributed by atoms with Crippen LogP contribution in [0.15, 0.2) is 72.8 Å². The fourth-order valence-corrected chi connectivity index (χ4v) is 4.22. The van der Waals surface area contributed by atoms with Gasteiger partial charge >= 0.3 is 0 Å². The second-order valence-corrected chi connectivity index (χ2v) is 8.23. The summed E-state index contributed by atoms with van der Waals surface area (Å²) in [5.74, 6) is -1.07. The molecule has 0 saturated heterocycles. The van der Waals surface area contributed by atoms with E-state index >= 15 is 0 Å². The molecule has 0 unspecified atom stereocenters. The Morgan fingerprint density at radius 1 is 1.06 bits per heavy atom. The summed E-state index contributed by atoms with van der Waals surface area (Å²) >= 11 is 1.88. The molecule has 1 aromatic heterocycles. The normalized spacial score (nSPS) is 12.0. The molecule has 0 bridgehead atoms. The van der Waals surface area contributed by atoms with Crippen LogP contribution in [-0.2, 0) is 0 Å². The number of fused-ring (bicyclic) bond motifs is 1. The van der Waals surface area contributed by atoms with Gasteiger partial charge in [-0.25, -0.2) is 9.37 Å². The molecule has 0 spiro atoms. The summed E-state index contributed by atoms with van der Waals surface area (Å²) in [6.07, 6.45) is 0.678. The molecule has 0 aliphatic carbocycles. The number of nitrogens with zero attached hydrogens (tertiary/aromatic N) is 1. The molecule has 0 saturated carbocycles. The van der Waals surface area contributed by atoms with Crippen LogP contribution in [0.2, 0.25) is 0 Å². The van der Waals surface area contributed by atoms with E-state index in [2.05, 4.69) is 10.3 Å². The highest BCUT2D eigenvalue weighted by Gasteiger charge is 2.25. The third kappa shape index (κ3) is 4.12. The Kier molecular flexibility index (Phi) is 6.18. The lowest BCUT2D eigenvalue weighted by molar-refractivity contribution is 0.0934. The van der Waals surface area contributed by atoms with Gasteiger partial charge in [-0.1, -0.05) is 67.6 Å². The Morgan fingerprint density at radius 2 is 1.71 bits per heavy atom. The van der Waals surface area contributed by atoms with Crippen molar-refractivity contribution < 1.29 is 14.3 Å². The molecule has 0 aliphatic heterocycles. The zero-order valence-corrected chi connectivity index (χ0v) is 18.9. The third-order valence-corrected chi connectivity index (χ3v) is 6.24. The zero-order valence-electron chi connectivity index (χ0n) is 16.8. The van der Waals surface area contributed by atoms with Crippen molar-refractivity contribution in [2.45, 2.75) is 19.4 Å². The van der Waals surface area contributed by atoms with Crippen molar-refractivity contribution >= 4 is 39.4 Å². The van der Waals surface area contributed by atoms with Crippen LogP contribution in [0.3, 0.4) is 0 Å².